The second-order valence-electron chi connectivity index (χ2n) is 2.55. The van der Waals surface area contributed by atoms with Gasteiger partial charge in [0.1, 0.15) is 0 Å². The Labute approximate surface area is 64.7 Å². The van der Waals surface area contributed by atoms with Crippen LogP contribution in [0.2, 0.25) is 0 Å². The summed E-state index contributed by atoms with van der Waals surface area (Å²) in [5, 5.41) is 14.2. The number of aliphatic hydroxyl groups is 1. The largest absolute Gasteiger partial charge is 0.495 e. The molecule has 1 amide bonds. The Morgan fingerprint density at radius 1 is 1.55 bits per heavy atom. The molecule has 1 aliphatic heterocycles. The van der Waals surface area contributed by atoms with Crippen molar-refractivity contribution in [3.8, 4) is 0 Å². The van der Waals surface area contributed by atoms with E-state index >= 15 is 0 Å². The van der Waals surface area contributed by atoms with Gasteiger partial charge in [-0.2, -0.15) is 0 Å². The Hall–Kier alpha value is -1.23. The summed E-state index contributed by atoms with van der Waals surface area (Å²) < 4.78 is 0. The highest BCUT2D eigenvalue weighted by molar-refractivity contribution is 5.88. The number of aliphatic hydroxyl groups excluding tert-OH is 1. The van der Waals surface area contributed by atoms with Gasteiger partial charge < -0.3 is 15.7 Å². The molecule has 62 valence electrons. The summed E-state index contributed by atoms with van der Waals surface area (Å²) in [5.41, 5.74) is 0. The van der Waals surface area contributed by atoms with Crippen molar-refractivity contribution in [2.75, 3.05) is 14.1 Å². The fraction of sp³-hybridized carbons (Fsp3) is 0.500. The summed E-state index contributed by atoms with van der Waals surface area (Å²) in [6.45, 7) is 0. The number of hydrogen-bond acceptors (Lipinski definition) is 4. The van der Waals surface area contributed by atoms with Crippen LogP contribution >= 0.6 is 0 Å². The molecule has 0 fully saturated rings. The number of carbonyl (C=O) groups excluding carboxylic acids is 1. The van der Waals surface area contributed by atoms with Crippen LogP contribution in [0, 0.1) is 0 Å². The monoisotopic (exact) mass is 157 g/mol. The predicted molar refractivity (Wildman–Crippen MR) is 39.5 cm³/mol. The van der Waals surface area contributed by atoms with Crippen LogP contribution < -0.4 is 10.6 Å². The lowest BCUT2D eigenvalue weighted by molar-refractivity contribution is -0.119. The lowest BCUT2D eigenvalue weighted by atomic mass is 10.4. The molecular weight excluding hydrogens is 146 g/mol. The average Bonchev–Trinajstić information content (AvgIpc) is 1.85. The first kappa shape index (κ1) is 7.87. The maximum atomic E-state index is 10.8. The molecule has 1 rings (SSSR count). The standard InChI is InChI=1S/C6H11N3O2/c1-9(2)6-7-4(10)3-5(11)8-6/h3,6-7,10H,1-2H3,(H,8,11). The molecule has 0 bridgehead atoms. The van der Waals surface area contributed by atoms with E-state index in [1.807, 2.05) is 0 Å². The van der Waals surface area contributed by atoms with Crippen LogP contribution in [-0.2, 0) is 4.79 Å². The number of hydrogen-bond donors (Lipinski definition) is 3. The van der Waals surface area contributed by atoms with Crippen molar-refractivity contribution in [2.45, 2.75) is 6.29 Å². The molecule has 1 aliphatic rings. The van der Waals surface area contributed by atoms with Gasteiger partial charge in [0.25, 0.3) is 5.91 Å². The van der Waals surface area contributed by atoms with Gasteiger partial charge in [0.15, 0.2) is 12.2 Å². The molecule has 0 aromatic rings. The van der Waals surface area contributed by atoms with Crippen molar-refractivity contribution >= 4 is 5.91 Å². The lowest BCUT2D eigenvalue weighted by Gasteiger charge is -2.28. The van der Waals surface area contributed by atoms with Crippen molar-refractivity contribution in [3.05, 3.63) is 12.0 Å². The lowest BCUT2D eigenvalue weighted by Crippen LogP contribution is -2.56. The molecule has 5 nitrogen and oxygen atoms in total. The van der Waals surface area contributed by atoms with Crippen LogP contribution in [0.1, 0.15) is 0 Å². The van der Waals surface area contributed by atoms with Crippen LogP contribution in [0.3, 0.4) is 0 Å². The van der Waals surface area contributed by atoms with Crippen molar-refractivity contribution in [3.63, 3.8) is 0 Å². The van der Waals surface area contributed by atoms with Gasteiger partial charge in [-0.25, -0.2) is 0 Å². The Bertz CT molecular complexity index is 200. The maximum Gasteiger partial charge on any atom is 0.251 e. The molecule has 1 heterocycles. The van der Waals surface area contributed by atoms with E-state index in [1.54, 1.807) is 19.0 Å². The van der Waals surface area contributed by atoms with Crippen LogP contribution in [0.5, 0.6) is 0 Å². The van der Waals surface area contributed by atoms with Crippen LogP contribution in [0.4, 0.5) is 0 Å². The van der Waals surface area contributed by atoms with E-state index in [0.717, 1.165) is 6.08 Å². The fourth-order valence-corrected chi connectivity index (χ4v) is 0.777. The highest BCUT2D eigenvalue weighted by Gasteiger charge is 2.18. The van der Waals surface area contributed by atoms with E-state index in [0.29, 0.717) is 0 Å². The summed E-state index contributed by atoms with van der Waals surface area (Å²) in [7, 11) is 3.58. The minimum absolute atomic E-state index is 0.104. The predicted octanol–water partition coefficient (Wildman–Crippen LogP) is -1.05. The van der Waals surface area contributed by atoms with E-state index in [4.69, 9.17) is 5.11 Å². The molecule has 0 aliphatic carbocycles. The zero-order valence-corrected chi connectivity index (χ0v) is 6.46. The molecule has 1 atom stereocenters. The van der Waals surface area contributed by atoms with Gasteiger partial charge in [-0.3, -0.25) is 9.69 Å². The van der Waals surface area contributed by atoms with E-state index in [9.17, 15) is 4.79 Å². The molecule has 3 N–H and O–H groups in total. The van der Waals surface area contributed by atoms with Crippen molar-refractivity contribution < 1.29 is 9.90 Å². The minimum Gasteiger partial charge on any atom is -0.495 e. The third kappa shape index (κ3) is 1.84. The second-order valence-corrected chi connectivity index (χ2v) is 2.55. The first-order valence-corrected chi connectivity index (χ1v) is 3.24. The molecule has 0 aromatic heterocycles. The molecule has 0 radical (unpaired) electrons. The topological polar surface area (TPSA) is 64.6 Å². The van der Waals surface area contributed by atoms with E-state index in [-0.39, 0.29) is 18.1 Å². The summed E-state index contributed by atoms with van der Waals surface area (Å²) in [4.78, 5) is 12.5. The van der Waals surface area contributed by atoms with Crippen LogP contribution in [0.15, 0.2) is 12.0 Å². The average molecular weight is 157 g/mol. The van der Waals surface area contributed by atoms with E-state index < -0.39 is 0 Å². The summed E-state index contributed by atoms with van der Waals surface area (Å²) in [5.74, 6) is -0.396. The molecule has 1 unspecified atom stereocenters. The fourth-order valence-electron chi connectivity index (χ4n) is 0.777. The number of carbonyl (C=O) groups is 1. The summed E-state index contributed by atoms with van der Waals surface area (Å²) in [6, 6.07) is 0. The second kappa shape index (κ2) is 2.79. The van der Waals surface area contributed by atoms with Crippen LogP contribution in [0.25, 0.3) is 0 Å². The maximum absolute atomic E-state index is 10.8. The van der Waals surface area contributed by atoms with Gasteiger partial charge in [-0.1, -0.05) is 0 Å². The van der Waals surface area contributed by atoms with Crippen LogP contribution in [-0.4, -0.2) is 36.3 Å². The Morgan fingerprint density at radius 3 is 2.64 bits per heavy atom. The number of nitrogens with one attached hydrogen (secondary N) is 2. The van der Waals surface area contributed by atoms with Gasteiger partial charge in [-0.05, 0) is 14.1 Å². The third-order valence-corrected chi connectivity index (χ3v) is 1.35. The third-order valence-electron chi connectivity index (χ3n) is 1.35. The zero-order chi connectivity index (χ0) is 8.43. The summed E-state index contributed by atoms with van der Waals surface area (Å²) >= 11 is 0. The highest BCUT2D eigenvalue weighted by Crippen LogP contribution is 1.95. The normalized spacial score (nSPS) is 24.1. The first-order chi connectivity index (χ1) is 5.09. The van der Waals surface area contributed by atoms with Gasteiger partial charge in [0.2, 0.25) is 0 Å². The molecule has 11 heavy (non-hydrogen) atoms. The number of nitrogens with zero attached hydrogens (tertiary/aromatic N) is 1. The van der Waals surface area contributed by atoms with Gasteiger partial charge >= 0.3 is 0 Å². The Balaban J connectivity index is 2.64. The minimum atomic E-state index is -0.326. The van der Waals surface area contributed by atoms with E-state index in [2.05, 4.69) is 10.6 Å². The SMILES string of the molecule is CN(C)C1NC(=O)C=C(O)N1. The molecule has 0 saturated carbocycles. The van der Waals surface area contributed by atoms with Crippen molar-refractivity contribution in [2.24, 2.45) is 0 Å². The van der Waals surface area contributed by atoms with Gasteiger partial charge in [0.05, 0.1) is 6.08 Å². The smallest absolute Gasteiger partial charge is 0.251 e. The van der Waals surface area contributed by atoms with Crippen molar-refractivity contribution in [1.82, 2.24) is 15.5 Å². The number of amides is 1. The highest BCUT2D eigenvalue weighted by atomic mass is 16.3. The summed E-state index contributed by atoms with van der Waals surface area (Å²) in [6.07, 6.45) is 0.771. The van der Waals surface area contributed by atoms with Crippen molar-refractivity contribution in [1.29, 1.82) is 0 Å². The molecular formula is C6H11N3O2. The molecule has 0 aromatic carbocycles. The van der Waals surface area contributed by atoms with Gasteiger partial charge in [0, 0.05) is 0 Å². The first-order valence-electron chi connectivity index (χ1n) is 3.24. The quantitative estimate of drug-likeness (QED) is 0.454. The molecule has 5 heteroatoms. The number of rotatable bonds is 1. The Morgan fingerprint density at radius 2 is 2.18 bits per heavy atom. The Kier molecular flexibility index (Phi) is 2.00. The molecule has 0 spiro atoms. The molecule has 0 saturated heterocycles. The van der Waals surface area contributed by atoms with Gasteiger partial charge in [-0.15, -0.1) is 0 Å². The van der Waals surface area contributed by atoms with E-state index in [1.165, 1.54) is 0 Å². The zero-order valence-electron chi connectivity index (χ0n) is 6.46.